The third-order valence-electron chi connectivity index (χ3n) is 5.20. The first kappa shape index (κ1) is 15.2. The zero-order valence-corrected chi connectivity index (χ0v) is 13.3. The fourth-order valence-electron chi connectivity index (χ4n) is 3.54. The molecule has 2 heterocycles. The molecule has 0 bridgehead atoms. The summed E-state index contributed by atoms with van der Waals surface area (Å²) in [5, 5.41) is 0. The summed E-state index contributed by atoms with van der Waals surface area (Å²) in [5.41, 5.74) is 6.74. The van der Waals surface area contributed by atoms with Crippen LogP contribution >= 0.6 is 0 Å². The normalized spacial score (nSPS) is 27.6. The van der Waals surface area contributed by atoms with Crippen molar-refractivity contribution in [1.29, 1.82) is 0 Å². The van der Waals surface area contributed by atoms with Gasteiger partial charge in [0.05, 0.1) is 0 Å². The van der Waals surface area contributed by atoms with Crippen molar-refractivity contribution in [2.24, 2.45) is 5.73 Å². The number of hydrogen-bond donors (Lipinski definition) is 1. The summed E-state index contributed by atoms with van der Waals surface area (Å²) in [6.45, 7) is 14.9. The van der Waals surface area contributed by atoms with Crippen LogP contribution in [0.2, 0.25) is 0 Å². The van der Waals surface area contributed by atoms with Gasteiger partial charge in [0.1, 0.15) is 0 Å². The summed E-state index contributed by atoms with van der Waals surface area (Å²) in [5.74, 6) is 0. The SMILES string of the molecule is CN1CCC(CN)(N2CCN(C(C)(C)C)CC2)CC1. The summed E-state index contributed by atoms with van der Waals surface area (Å²) < 4.78 is 0. The van der Waals surface area contributed by atoms with Crippen molar-refractivity contribution in [2.45, 2.75) is 44.7 Å². The fourth-order valence-corrected chi connectivity index (χ4v) is 3.54. The van der Waals surface area contributed by atoms with Crippen LogP contribution in [-0.2, 0) is 0 Å². The largest absolute Gasteiger partial charge is 0.329 e. The van der Waals surface area contributed by atoms with Gasteiger partial charge in [-0.3, -0.25) is 9.80 Å². The van der Waals surface area contributed by atoms with Crippen LogP contribution in [0, 0.1) is 0 Å². The second-order valence-electron chi connectivity index (χ2n) is 7.38. The van der Waals surface area contributed by atoms with E-state index >= 15 is 0 Å². The molecule has 4 heteroatoms. The molecular weight excluding hydrogens is 236 g/mol. The van der Waals surface area contributed by atoms with Gasteiger partial charge in [0.2, 0.25) is 0 Å². The highest BCUT2D eigenvalue weighted by Gasteiger charge is 2.40. The van der Waals surface area contributed by atoms with Gasteiger partial charge in [0, 0.05) is 43.8 Å². The predicted molar refractivity (Wildman–Crippen MR) is 81.4 cm³/mol. The standard InChI is InChI=1S/C15H32N4/c1-14(2,3)18-9-11-19(12-10-18)15(13-16)5-7-17(4)8-6-15/h5-13,16H2,1-4H3. The van der Waals surface area contributed by atoms with Gasteiger partial charge in [-0.05, 0) is 53.8 Å². The smallest absolute Gasteiger partial charge is 0.0357 e. The first-order valence-electron chi connectivity index (χ1n) is 7.76. The molecule has 0 amide bonds. The van der Waals surface area contributed by atoms with Crippen molar-refractivity contribution in [3.8, 4) is 0 Å². The number of piperidine rings is 1. The lowest BCUT2D eigenvalue weighted by Gasteiger charge is -2.52. The van der Waals surface area contributed by atoms with Crippen LogP contribution in [0.3, 0.4) is 0 Å². The molecule has 2 saturated heterocycles. The highest BCUT2D eigenvalue weighted by Crippen LogP contribution is 2.29. The highest BCUT2D eigenvalue weighted by molar-refractivity contribution is 4.98. The van der Waals surface area contributed by atoms with Crippen molar-refractivity contribution in [2.75, 3.05) is 52.9 Å². The summed E-state index contributed by atoms with van der Waals surface area (Å²) in [6.07, 6.45) is 2.46. The van der Waals surface area contributed by atoms with Gasteiger partial charge in [-0.1, -0.05) is 0 Å². The molecule has 0 aliphatic carbocycles. The molecule has 2 rings (SSSR count). The topological polar surface area (TPSA) is 35.7 Å². The van der Waals surface area contributed by atoms with Crippen LogP contribution in [0.15, 0.2) is 0 Å². The maximum Gasteiger partial charge on any atom is 0.0357 e. The monoisotopic (exact) mass is 268 g/mol. The van der Waals surface area contributed by atoms with Crippen molar-refractivity contribution >= 4 is 0 Å². The molecular formula is C15H32N4. The Kier molecular flexibility index (Phi) is 4.56. The average Bonchev–Trinajstić information content (AvgIpc) is 2.39. The Morgan fingerprint density at radius 3 is 1.89 bits per heavy atom. The van der Waals surface area contributed by atoms with E-state index in [0.717, 1.165) is 6.54 Å². The van der Waals surface area contributed by atoms with E-state index < -0.39 is 0 Å². The second kappa shape index (κ2) is 5.68. The van der Waals surface area contributed by atoms with Crippen LogP contribution in [0.4, 0.5) is 0 Å². The molecule has 0 spiro atoms. The molecule has 0 atom stereocenters. The summed E-state index contributed by atoms with van der Waals surface area (Å²) >= 11 is 0. The van der Waals surface area contributed by atoms with Gasteiger partial charge in [-0.2, -0.15) is 0 Å². The van der Waals surface area contributed by atoms with Gasteiger partial charge in [0.15, 0.2) is 0 Å². The lowest BCUT2D eigenvalue weighted by Crippen LogP contribution is -2.64. The molecule has 4 nitrogen and oxygen atoms in total. The predicted octanol–water partition coefficient (Wildman–Crippen LogP) is 0.826. The zero-order valence-electron chi connectivity index (χ0n) is 13.3. The van der Waals surface area contributed by atoms with Crippen molar-refractivity contribution in [3.63, 3.8) is 0 Å². The van der Waals surface area contributed by atoms with Crippen LogP contribution in [0.1, 0.15) is 33.6 Å². The summed E-state index contributed by atoms with van der Waals surface area (Å²) in [6, 6.07) is 0. The molecule has 0 saturated carbocycles. The molecule has 2 fully saturated rings. The van der Waals surface area contributed by atoms with Crippen LogP contribution in [0.25, 0.3) is 0 Å². The van der Waals surface area contributed by atoms with E-state index in [2.05, 4.69) is 42.5 Å². The second-order valence-corrected chi connectivity index (χ2v) is 7.38. The Morgan fingerprint density at radius 2 is 1.47 bits per heavy atom. The number of piperazine rings is 1. The maximum atomic E-state index is 6.16. The Hall–Kier alpha value is -0.160. The number of nitrogens with zero attached hydrogens (tertiary/aromatic N) is 3. The Balaban J connectivity index is 1.95. The first-order valence-corrected chi connectivity index (χ1v) is 7.76. The maximum absolute atomic E-state index is 6.16. The van der Waals surface area contributed by atoms with Crippen LogP contribution in [-0.4, -0.2) is 78.6 Å². The molecule has 0 aromatic rings. The molecule has 19 heavy (non-hydrogen) atoms. The molecule has 0 aromatic heterocycles. The summed E-state index contributed by atoms with van der Waals surface area (Å²) in [7, 11) is 2.22. The zero-order chi connectivity index (χ0) is 14.1. The van der Waals surface area contributed by atoms with Gasteiger partial charge in [-0.25, -0.2) is 0 Å². The summed E-state index contributed by atoms with van der Waals surface area (Å²) in [4.78, 5) is 7.71. The molecule has 2 N–H and O–H groups in total. The molecule has 0 unspecified atom stereocenters. The Morgan fingerprint density at radius 1 is 0.947 bits per heavy atom. The van der Waals surface area contributed by atoms with Gasteiger partial charge >= 0.3 is 0 Å². The molecule has 0 radical (unpaired) electrons. The van der Waals surface area contributed by atoms with Crippen molar-refractivity contribution in [1.82, 2.24) is 14.7 Å². The Labute approximate surface area is 118 Å². The minimum atomic E-state index is 0.274. The molecule has 2 aliphatic heterocycles. The number of nitrogens with two attached hydrogens (primary N) is 1. The van der Waals surface area contributed by atoms with E-state index in [0.29, 0.717) is 5.54 Å². The van der Waals surface area contributed by atoms with E-state index in [9.17, 15) is 0 Å². The van der Waals surface area contributed by atoms with Gasteiger partial charge in [0.25, 0.3) is 0 Å². The minimum Gasteiger partial charge on any atom is -0.329 e. The highest BCUT2D eigenvalue weighted by atomic mass is 15.3. The number of likely N-dealkylation sites (tertiary alicyclic amines) is 1. The van der Waals surface area contributed by atoms with E-state index in [1.807, 2.05) is 0 Å². The van der Waals surface area contributed by atoms with Crippen molar-refractivity contribution < 1.29 is 0 Å². The van der Waals surface area contributed by atoms with E-state index in [-0.39, 0.29) is 5.54 Å². The number of hydrogen-bond acceptors (Lipinski definition) is 4. The van der Waals surface area contributed by atoms with Gasteiger partial charge < -0.3 is 10.6 Å². The van der Waals surface area contributed by atoms with Crippen LogP contribution < -0.4 is 5.73 Å². The van der Waals surface area contributed by atoms with Gasteiger partial charge in [-0.15, -0.1) is 0 Å². The molecule has 0 aromatic carbocycles. The quantitative estimate of drug-likeness (QED) is 0.804. The van der Waals surface area contributed by atoms with Crippen molar-refractivity contribution in [3.05, 3.63) is 0 Å². The Bertz CT molecular complexity index is 281. The van der Waals surface area contributed by atoms with E-state index in [4.69, 9.17) is 5.73 Å². The number of rotatable bonds is 2. The fraction of sp³-hybridized carbons (Fsp3) is 1.00. The lowest BCUT2D eigenvalue weighted by atomic mass is 9.85. The third-order valence-corrected chi connectivity index (χ3v) is 5.20. The minimum absolute atomic E-state index is 0.274. The van der Waals surface area contributed by atoms with E-state index in [1.54, 1.807) is 0 Å². The van der Waals surface area contributed by atoms with Crippen LogP contribution in [0.5, 0.6) is 0 Å². The molecule has 112 valence electrons. The third kappa shape index (κ3) is 3.30. The van der Waals surface area contributed by atoms with E-state index in [1.165, 1.54) is 52.1 Å². The average molecular weight is 268 g/mol. The molecule has 2 aliphatic rings. The lowest BCUT2D eigenvalue weighted by molar-refractivity contribution is -0.0216. The first-order chi connectivity index (χ1) is 8.87.